The molecule has 0 aliphatic carbocycles. The predicted molar refractivity (Wildman–Crippen MR) is 60.0 cm³/mol. The van der Waals surface area contributed by atoms with Crippen molar-refractivity contribution in [1.82, 2.24) is 0 Å². The first kappa shape index (κ1) is 11.4. The number of rotatable bonds is 5. The van der Waals surface area contributed by atoms with Crippen LogP contribution in [0.3, 0.4) is 0 Å². The summed E-state index contributed by atoms with van der Waals surface area (Å²) in [4.78, 5) is 0. The van der Waals surface area contributed by atoms with Gasteiger partial charge in [-0.05, 0) is 26.2 Å². The Labute approximate surface area is 83.6 Å². The molecular formula is C9H18IN. The van der Waals surface area contributed by atoms with Crippen LogP contribution in [0.4, 0.5) is 0 Å². The molecule has 0 radical (unpaired) electrons. The van der Waals surface area contributed by atoms with Crippen LogP contribution in [-0.4, -0.2) is 9.13 Å². The van der Waals surface area contributed by atoms with Gasteiger partial charge in [0.2, 0.25) is 0 Å². The van der Waals surface area contributed by atoms with Gasteiger partial charge in [-0.2, -0.15) is 0 Å². The third-order valence-corrected chi connectivity index (χ3v) is 3.49. The van der Waals surface area contributed by atoms with E-state index in [1.807, 2.05) is 0 Å². The standard InChI is InChI=1S/C9H18IN/c1-4-6-7-8(11)9(3,10)5-2/h11H,4-7H2,1-3H3. The molecule has 1 N–H and O–H groups in total. The van der Waals surface area contributed by atoms with Gasteiger partial charge in [0.15, 0.2) is 0 Å². The summed E-state index contributed by atoms with van der Waals surface area (Å²) in [6.45, 7) is 6.46. The maximum atomic E-state index is 7.79. The Morgan fingerprint density at radius 1 is 1.45 bits per heavy atom. The molecule has 66 valence electrons. The quantitative estimate of drug-likeness (QED) is 0.445. The van der Waals surface area contributed by atoms with Crippen LogP contribution in [-0.2, 0) is 0 Å². The Morgan fingerprint density at radius 3 is 2.36 bits per heavy atom. The van der Waals surface area contributed by atoms with Crippen molar-refractivity contribution in [3.63, 3.8) is 0 Å². The lowest BCUT2D eigenvalue weighted by Crippen LogP contribution is -2.26. The first-order valence-corrected chi connectivity index (χ1v) is 5.39. The molecule has 0 fully saturated rings. The Morgan fingerprint density at radius 2 is 2.00 bits per heavy atom. The molecule has 1 nitrogen and oxygen atoms in total. The monoisotopic (exact) mass is 267 g/mol. The van der Waals surface area contributed by atoms with E-state index in [1.165, 1.54) is 6.42 Å². The molecule has 0 saturated heterocycles. The molecule has 1 unspecified atom stereocenters. The SMILES string of the molecule is CCCCC(=N)C(C)(I)CC. The molecule has 11 heavy (non-hydrogen) atoms. The number of nitrogens with one attached hydrogen (secondary N) is 1. The van der Waals surface area contributed by atoms with Crippen LogP contribution in [0.2, 0.25) is 0 Å². The van der Waals surface area contributed by atoms with Gasteiger partial charge in [0, 0.05) is 5.71 Å². The Hall–Kier alpha value is 0.400. The van der Waals surface area contributed by atoms with Crippen LogP contribution < -0.4 is 0 Å². The molecule has 2 heteroatoms. The number of alkyl halides is 1. The second kappa shape index (κ2) is 5.12. The fourth-order valence-electron chi connectivity index (χ4n) is 0.828. The number of unbranched alkanes of at least 4 members (excludes halogenated alkanes) is 1. The summed E-state index contributed by atoms with van der Waals surface area (Å²) in [6, 6.07) is 0. The topological polar surface area (TPSA) is 23.9 Å². The molecule has 0 heterocycles. The van der Waals surface area contributed by atoms with E-state index in [4.69, 9.17) is 5.41 Å². The molecule has 0 aliphatic heterocycles. The summed E-state index contributed by atoms with van der Waals surface area (Å²) >= 11 is 2.38. The normalized spacial score (nSPS) is 16.0. The molecule has 0 bridgehead atoms. The van der Waals surface area contributed by atoms with E-state index in [0.29, 0.717) is 0 Å². The Balaban J connectivity index is 3.82. The van der Waals surface area contributed by atoms with E-state index in [0.717, 1.165) is 25.0 Å². The van der Waals surface area contributed by atoms with E-state index >= 15 is 0 Å². The molecular weight excluding hydrogens is 249 g/mol. The van der Waals surface area contributed by atoms with Crippen molar-refractivity contribution in [3.05, 3.63) is 0 Å². The number of hydrogen-bond donors (Lipinski definition) is 1. The van der Waals surface area contributed by atoms with Crippen molar-refractivity contribution in [3.8, 4) is 0 Å². The smallest absolute Gasteiger partial charge is 0.0565 e. The van der Waals surface area contributed by atoms with Crippen LogP contribution in [0.25, 0.3) is 0 Å². The lowest BCUT2D eigenvalue weighted by Gasteiger charge is -2.21. The average molecular weight is 267 g/mol. The van der Waals surface area contributed by atoms with E-state index < -0.39 is 0 Å². The molecule has 0 amide bonds. The van der Waals surface area contributed by atoms with Crippen LogP contribution in [0, 0.1) is 5.41 Å². The minimum atomic E-state index is 0.104. The van der Waals surface area contributed by atoms with E-state index in [1.54, 1.807) is 0 Å². The van der Waals surface area contributed by atoms with Crippen LogP contribution in [0.1, 0.15) is 46.5 Å². The summed E-state index contributed by atoms with van der Waals surface area (Å²) in [5, 5.41) is 7.79. The summed E-state index contributed by atoms with van der Waals surface area (Å²) < 4.78 is 0.104. The zero-order valence-corrected chi connectivity index (χ0v) is 9.86. The summed E-state index contributed by atoms with van der Waals surface area (Å²) in [5.41, 5.74) is 0.905. The molecule has 0 spiro atoms. The highest BCUT2D eigenvalue weighted by Gasteiger charge is 2.22. The van der Waals surface area contributed by atoms with Gasteiger partial charge >= 0.3 is 0 Å². The fraction of sp³-hybridized carbons (Fsp3) is 0.889. The van der Waals surface area contributed by atoms with Crippen molar-refractivity contribution in [2.45, 2.75) is 49.9 Å². The third kappa shape index (κ3) is 4.09. The summed E-state index contributed by atoms with van der Waals surface area (Å²) in [5.74, 6) is 0. The van der Waals surface area contributed by atoms with Gasteiger partial charge in [0.25, 0.3) is 0 Å². The van der Waals surface area contributed by atoms with E-state index in [9.17, 15) is 0 Å². The average Bonchev–Trinajstić information content (AvgIpc) is 2.00. The maximum Gasteiger partial charge on any atom is 0.0565 e. The van der Waals surface area contributed by atoms with Gasteiger partial charge in [0.1, 0.15) is 0 Å². The van der Waals surface area contributed by atoms with Gasteiger partial charge < -0.3 is 5.41 Å². The highest BCUT2D eigenvalue weighted by Crippen LogP contribution is 2.25. The first-order valence-electron chi connectivity index (χ1n) is 4.31. The second-order valence-electron chi connectivity index (χ2n) is 3.13. The Bertz CT molecular complexity index is 130. The van der Waals surface area contributed by atoms with Crippen LogP contribution in [0.15, 0.2) is 0 Å². The lowest BCUT2D eigenvalue weighted by atomic mass is 9.98. The van der Waals surface area contributed by atoms with Crippen LogP contribution in [0.5, 0.6) is 0 Å². The van der Waals surface area contributed by atoms with Crippen molar-refractivity contribution in [1.29, 1.82) is 5.41 Å². The fourth-order valence-corrected chi connectivity index (χ4v) is 1.10. The highest BCUT2D eigenvalue weighted by atomic mass is 127. The lowest BCUT2D eigenvalue weighted by molar-refractivity contribution is 0.760. The molecule has 1 atom stereocenters. The molecule has 0 rings (SSSR count). The first-order chi connectivity index (χ1) is 5.04. The summed E-state index contributed by atoms with van der Waals surface area (Å²) in [6.07, 6.45) is 4.40. The molecule has 0 aromatic rings. The highest BCUT2D eigenvalue weighted by molar-refractivity contribution is 14.1. The largest absolute Gasteiger partial charge is 0.308 e. The molecule has 0 aromatic heterocycles. The van der Waals surface area contributed by atoms with Crippen molar-refractivity contribution < 1.29 is 0 Å². The number of hydrogen-bond acceptors (Lipinski definition) is 1. The van der Waals surface area contributed by atoms with Crippen molar-refractivity contribution in [2.75, 3.05) is 0 Å². The minimum Gasteiger partial charge on any atom is -0.308 e. The predicted octanol–water partition coefficient (Wildman–Crippen LogP) is 3.80. The van der Waals surface area contributed by atoms with E-state index in [-0.39, 0.29) is 3.42 Å². The van der Waals surface area contributed by atoms with E-state index in [2.05, 4.69) is 43.4 Å². The van der Waals surface area contributed by atoms with Gasteiger partial charge in [0.05, 0.1) is 3.42 Å². The van der Waals surface area contributed by atoms with Gasteiger partial charge in [-0.25, -0.2) is 0 Å². The number of halogens is 1. The zero-order chi connectivity index (χ0) is 8.91. The Kier molecular flexibility index (Phi) is 5.30. The minimum absolute atomic E-state index is 0.104. The maximum absolute atomic E-state index is 7.79. The van der Waals surface area contributed by atoms with Crippen LogP contribution >= 0.6 is 22.6 Å². The van der Waals surface area contributed by atoms with Crippen molar-refractivity contribution in [2.24, 2.45) is 0 Å². The third-order valence-electron chi connectivity index (χ3n) is 2.07. The molecule has 0 aliphatic rings. The van der Waals surface area contributed by atoms with Gasteiger partial charge in [-0.15, -0.1) is 0 Å². The molecule has 0 aromatic carbocycles. The van der Waals surface area contributed by atoms with Gasteiger partial charge in [-0.1, -0.05) is 42.9 Å². The van der Waals surface area contributed by atoms with Crippen molar-refractivity contribution >= 4 is 28.3 Å². The summed E-state index contributed by atoms with van der Waals surface area (Å²) in [7, 11) is 0. The van der Waals surface area contributed by atoms with Gasteiger partial charge in [-0.3, -0.25) is 0 Å². The second-order valence-corrected chi connectivity index (χ2v) is 5.51. The zero-order valence-electron chi connectivity index (χ0n) is 7.71. The molecule has 0 saturated carbocycles.